The van der Waals surface area contributed by atoms with Gasteiger partial charge in [0.2, 0.25) is 0 Å². The Bertz CT molecular complexity index is 199. The molecule has 0 aromatic heterocycles. The third-order valence-electron chi connectivity index (χ3n) is 1.07. The molecule has 0 saturated heterocycles. The summed E-state index contributed by atoms with van der Waals surface area (Å²) >= 11 is 0. The molecule has 0 spiro atoms. The Balaban J connectivity index is 3.93. The van der Waals surface area contributed by atoms with Crippen LogP contribution in [0.5, 0.6) is 0 Å². The Morgan fingerprint density at radius 1 is 1.58 bits per heavy atom. The van der Waals surface area contributed by atoms with Crippen molar-refractivity contribution in [1.29, 1.82) is 0 Å². The SMILES string of the molecule is C=N/C=C(/C)C=NCC(C)(C)O. The highest BCUT2D eigenvalue weighted by molar-refractivity contribution is 5.77. The lowest BCUT2D eigenvalue weighted by atomic mass is 10.1. The molecular weight excluding hydrogens is 152 g/mol. The largest absolute Gasteiger partial charge is 0.389 e. The van der Waals surface area contributed by atoms with Gasteiger partial charge in [-0.2, -0.15) is 0 Å². The van der Waals surface area contributed by atoms with Crippen molar-refractivity contribution in [3.63, 3.8) is 0 Å². The average Bonchev–Trinajstić information content (AvgIpc) is 1.84. The van der Waals surface area contributed by atoms with Crippen molar-refractivity contribution >= 4 is 12.9 Å². The zero-order chi connectivity index (χ0) is 9.61. The molecule has 0 fully saturated rings. The number of hydrogen-bond donors (Lipinski definition) is 1. The molecule has 3 heteroatoms. The van der Waals surface area contributed by atoms with E-state index in [4.69, 9.17) is 0 Å². The first-order valence-corrected chi connectivity index (χ1v) is 3.80. The second kappa shape index (κ2) is 4.83. The number of aliphatic imine (C=N–C) groups is 2. The predicted molar refractivity (Wildman–Crippen MR) is 53.0 cm³/mol. The number of rotatable bonds is 4. The third kappa shape index (κ3) is 7.15. The van der Waals surface area contributed by atoms with Crippen LogP contribution in [0.25, 0.3) is 0 Å². The maximum Gasteiger partial charge on any atom is 0.0786 e. The molecule has 68 valence electrons. The summed E-state index contributed by atoms with van der Waals surface area (Å²) < 4.78 is 0. The van der Waals surface area contributed by atoms with Gasteiger partial charge in [-0.05, 0) is 33.1 Å². The molecule has 0 aliphatic carbocycles. The van der Waals surface area contributed by atoms with Gasteiger partial charge < -0.3 is 5.11 Å². The lowest BCUT2D eigenvalue weighted by molar-refractivity contribution is 0.0906. The molecule has 0 atom stereocenters. The van der Waals surface area contributed by atoms with Gasteiger partial charge in [-0.15, -0.1) is 0 Å². The van der Waals surface area contributed by atoms with E-state index in [0.29, 0.717) is 6.54 Å². The van der Waals surface area contributed by atoms with Gasteiger partial charge in [0.05, 0.1) is 12.1 Å². The van der Waals surface area contributed by atoms with Crippen molar-refractivity contribution in [1.82, 2.24) is 0 Å². The summed E-state index contributed by atoms with van der Waals surface area (Å²) in [5.41, 5.74) is 0.188. The summed E-state index contributed by atoms with van der Waals surface area (Å²) in [5, 5.41) is 9.29. The van der Waals surface area contributed by atoms with Gasteiger partial charge >= 0.3 is 0 Å². The van der Waals surface area contributed by atoms with Gasteiger partial charge in [0.25, 0.3) is 0 Å². The van der Waals surface area contributed by atoms with Crippen molar-refractivity contribution in [3.8, 4) is 0 Å². The lowest BCUT2D eigenvalue weighted by Gasteiger charge is -2.12. The number of nitrogens with zero attached hydrogens (tertiary/aromatic N) is 2. The van der Waals surface area contributed by atoms with E-state index in [1.54, 1.807) is 26.3 Å². The second-order valence-corrected chi connectivity index (χ2v) is 3.34. The molecule has 3 nitrogen and oxygen atoms in total. The first-order valence-electron chi connectivity index (χ1n) is 3.80. The standard InChI is InChI=1S/C9H16N2O/c1-8(5-10-4)6-11-7-9(2,3)12/h5-6,12H,4,7H2,1-3H3/b8-5-,11-6?. The monoisotopic (exact) mass is 168 g/mol. The van der Waals surface area contributed by atoms with Crippen LogP contribution in [0.15, 0.2) is 21.8 Å². The summed E-state index contributed by atoms with van der Waals surface area (Å²) in [6, 6.07) is 0. The fraction of sp³-hybridized carbons (Fsp3) is 0.556. The molecule has 0 amide bonds. The minimum atomic E-state index is -0.738. The normalized spacial score (nSPS) is 13.8. The van der Waals surface area contributed by atoms with Crippen LogP contribution in [-0.2, 0) is 0 Å². The average molecular weight is 168 g/mol. The van der Waals surface area contributed by atoms with E-state index in [-0.39, 0.29) is 0 Å². The molecule has 0 saturated carbocycles. The van der Waals surface area contributed by atoms with Crippen LogP contribution >= 0.6 is 0 Å². The fourth-order valence-corrected chi connectivity index (χ4v) is 0.590. The van der Waals surface area contributed by atoms with Crippen molar-refractivity contribution in [2.45, 2.75) is 26.4 Å². The van der Waals surface area contributed by atoms with Gasteiger partial charge in [0.1, 0.15) is 0 Å². The van der Waals surface area contributed by atoms with Crippen LogP contribution in [0.4, 0.5) is 0 Å². The van der Waals surface area contributed by atoms with Crippen LogP contribution in [0, 0.1) is 0 Å². The molecule has 0 aromatic rings. The molecule has 0 unspecified atom stereocenters. The highest BCUT2D eigenvalue weighted by Crippen LogP contribution is 2.00. The molecule has 0 aliphatic rings. The molecule has 0 aliphatic heterocycles. The van der Waals surface area contributed by atoms with E-state index in [0.717, 1.165) is 5.57 Å². The predicted octanol–water partition coefficient (Wildman–Crippen LogP) is 1.43. The Kier molecular flexibility index (Phi) is 4.44. The van der Waals surface area contributed by atoms with Gasteiger partial charge in [-0.25, -0.2) is 0 Å². The molecule has 12 heavy (non-hydrogen) atoms. The highest BCUT2D eigenvalue weighted by Gasteiger charge is 2.09. The van der Waals surface area contributed by atoms with Gasteiger partial charge in [-0.3, -0.25) is 9.98 Å². The van der Waals surface area contributed by atoms with Crippen molar-refractivity contribution < 1.29 is 5.11 Å². The van der Waals surface area contributed by atoms with Crippen LogP contribution in [-0.4, -0.2) is 30.2 Å². The first kappa shape index (κ1) is 11.0. The smallest absolute Gasteiger partial charge is 0.0786 e. The molecule has 0 radical (unpaired) electrons. The van der Waals surface area contributed by atoms with Crippen LogP contribution < -0.4 is 0 Å². The molecule has 0 rings (SSSR count). The van der Waals surface area contributed by atoms with Crippen LogP contribution in [0.2, 0.25) is 0 Å². The molecule has 0 heterocycles. The Morgan fingerprint density at radius 3 is 2.58 bits per heavy atom. The van der Waals surface area contributed by atoms with Crippen LogP contribution in [0.1, 0.15) is 20.8 Å². The molecular formula is C9H16N2O. The number of aliphatic hydroxyl groups is 1. The van der Waals surface area contributed by atoms with Gasteiger partial charge in [-0.1, -0.05) is 0 Å². The second-order valence-electron chi connectivity index (χ2n) is 3.34. The third-order valence-corrected chi connectivity index (χ3v) is 1.07. The van der Waals surface area contributed by atoms with Gasteiger partial charge in [0, 0.05) is 12.4 Å². The summed E-state index contributed by atoms with van der Waals surface area (Å²) in [6.07, 6.45) is 3.29. The summed E-state index contributed by atoms with van der Waals surface area (Å²) in [5.74, 6) is 0. The minimum absolute atomic E-state index is 0.398. The Labute approximate surface area is 73.6 Å². The van der Waals surface area contributed by atoms with E-state index in [1.165, 1.54) is 0 Å². The minimum Gasteiger partial charge on any atom is -0.389 e. The van der Waals surface area contributed by atoms with Crippen molar-refractivity contribution in [3.05, 3.63) is 11.8 Å². The lowest BCUT2D eigenvalue weighted by Crippen LogP contribution is -2.22. The van der Waals surface area contributed by atoms with Gasteiger partial charge in [0.15, 0.2) is 0 Å². The highest BCUT2D eigenvalue weighted by atomic mass is 16.3. The Hall–Kier alpha value is -0.960. The van der Waals surface area contributed by atoms with E-state index < -0.39 is 5.60 Å². The fourth-order valence-electron chi connectivity index (χ4n) is 0.590. The van der Waals surface area contributed by atoms with Crippen LogP contribution in [0.3, 0.4) is 0 Å². The van der Waals surface area contributed by atoms with E-state index in [9.17, 15) is 5.11 Å². The summed E-state index contributed by atoms with van der Waals surface area (Å²) in [7, 11) is 0. The number of hydrogen-bond acceptors (Lipinski definition) is 3. The Morgan fingerprint density at radius 2 is 2.17 bits per heavy atom. The molecule has 0 aromatic carbocycles. The zero-order valence-electron chi connectivity index (χ0n) is 7.91. The van der Waals surface area contributed by atoms with Crippen molar-refractivity contribution in [2.24, 2.45) is 9.98 Å². The molecule has 0 bridgehead atoms. The number of allylic oxidation sites excluding steroid dienone is 1. The maximum atomic E-state index is 9.29. The quantitative estimate of drug-likeness (QED) is 0.634. The van der Waals surface area contributed by atoms with E-state index >= 15 is 0 Å². The zero-order valence-corrected chi connectivity index (χ0v) is 7.91. The summed E-state index contributed by atoms with van der Waals surface area (Å²) in [4.78, 5) is 7.61. The van der Waals surface area contributed by atoms with E-state index in [1.807, 2.05) is 6.92 Å². The first-order chi connectivity index (χ1) is 5.45. The molecule has 1 N–H and O–H groups in total. The maximum absolute atomic E-state index is 9.29. The van der Waals surface area contributed by atoms with E-state index in [2.05, 4.69) is 16.7 Å². The topological polar surface area (TPSA) is 45.0 Å². The van der Waals surface area contributed by atoms with Crippen molar-refractivity contribution in [2.75, 3.05) is 6.54 Å². The summed E-state index contributed by atoms with van der Waals surface area (Å²) in [6.45, 7) is 9.03.